The minimum Gasteiger partial charge on any atom is -0.479 e. The van der Waals surface area contributed by atoms with Crippen molar-refractivity contribution in [3.8, 4) is 0 Å². The van der Waals surface area contributed by atoms with Crippen molar-refractivity contribution in [2.24, 2.45) is 7.05 Å². The molecule has 10 aliphatic heterocycles. The molecule has 31 heteroatoms. The molecule has 12 aromatic carbocycles. The quantitative estimate of drug-likeness (QED) is 0.0705. The number of furan rings is 1. The number of aromatic nitrogens is 7. The molecule has 10 amide bonds. The molecule has 728 valence electrons. The molecule has 18 heterocycles. The summed E-state index contributed by atoms with van der Waals surface area (Å²) in [5, 5.41) is 51.9. The van der Waals surface area contributed by atoms with Crippen LogP contribution in [-0.4, -0.2) is 103 Å². The monoisotopic (exact) mass is 1960 g/mol. The fraction of sp³-hybridized carbons (Fsp3) is 0.174. The van der Waals surface area contributed by atoms with E-state index >= 15 is 0 Å². The molecule has 0 bridgehead atoms. The normalized spacial score (nSPS) is 14.8. The molecule has 146 heavy (non-hydrogen) atoms. The number of carbonyl (C=O) groups is 11. The maximum atomic E-state index is 11.8. The van der Waals surface area contributed by atoms with Gasteiger partial charge in [-0.05, 0) is 195 Å². The minimum atomic E-state index is -1.04. The number of amides is 10. The van der Waals surface area contributed by atoms with E-state index in [9.17, 15) is 52.7 Å². The van der Waals surface area contributed by atoms with Crippen LogP contribution in [0.15, 0.2) is 272 Å². The summed E-state index contributed by atoms with van der Waals surface area (Å²) in [5.74, 6) is -1.14. The molecule has 0 saturated heterocycles. The van der Waals surface area contributed by atoms with Crippen molar-refractivity contribution >= 4 is 184 Å². The molecule has 0 spiro atoms. The van der Waals surface area contributed by atoms with E-state index in [1.54, 1.807) is 47.9 Å². The Morgan fingerprint density at radius 3 is 1.33 bits per heavy atom. The number of carbonyl (C=O) groups excluding carboxylic acids is 10. The van der Waals surface area contributed by atoms with Crippen LogP contribution >= 0.6 is 11.3 Å². The van der Waals surface area contributed by atoms with Crippen LogP contribution in [-0.2, 0) is 90.4 Å². The number of carboxylic acid groups (broad SMARTS) is 1. The summed E-state index contributed by atoms with van der Waals surface area (Å²) in [4.78, 5) is 138. The Morgan fingerprint density at radius 2 is 0.774 bits per heavy atom. The number of unbranched alkanes of at least 4 members (excludes halogenated alkanes) is 1. The molecule has 0 radical (unpaired) electrons. The van der Waals surface area contributed by atoms with Gasteiger partial charge in [0.05, 0.1) is 35.1 Å². The van der Waals surface area contributed by atoms with Gasteiger partial charge in [0.15, 0.2) is 6.04 Å². The highest BCUT2D eigenvalue weighted by Gasteiger charge is 2.33. The molecule has 1 unspecified atom stereocenters. The van der Waals surface area contributed by atoms with Gasteiger partial charge < -0.3 is 85.9 Å². The van der Waals surface area contributed by atoms with Gasteiger partial charge in [-0.25, -0.2) is 14.8 Å². The Labute approximate surface area is 838 Å². The van der Waals surface area contributed by atoms with Gasteiger partial charge in [-0.2, -0.15) is 0 Å². The van der Waals surface area contributed by atoms with E-state index in [2.05, 4.69) is 168 Å². The van der Waals surface area contributed by atoms with Crippen molar-refractivity contribution in [2.75, 3.05) is 0 Å². The summed E-state index contributed by atoms with van der Waals surface area (Å²) >= 11 is 1.70. The van der Waals surface area contributed by atoms with Crippen molar-refractivity contribution in [3.05, 3.63) is 379 Å². The number of aromatic amines is 1. The standard InChI is InChI=1S/C14H16N2O.C13H14N2O.C13H9NO3.C12H12N2O.C12H9NO.C11H10N2O.C10H7N3O.C10H8N2O.C10H7NO2.C10H7NOS/c1-2-3-7-16-9-10-8-15-14(17)11-5-4-6-12(16)13(10)11;1-2-6-15-8-9-7-14-13(16)10-4-3-5-11(15)12(9)10;15-12-9-6-2-4-7-3-1-5-8(10(7)9)11(14-12)13(16)17;1-2-14-7-8-6-13-12(15)9-4-3-5-10(14)11(8)9;14-12-10-6-2-4-8-3-1-5-9(7-13-12)11(8)10;1-13-6-7-5-12-11(14)8-3-2-4-9(13)10(7)8;14-10-6-2-1-3-7-9(6)8(4-11-10)13-5-12-7;13-10-7-2-1-3-8-9(7)6(4-11-8)5-12-10;2*12-10-7-2-1-3-8-9(7)6(4-11-10)5-13-8/h4-6,9H,2-3,7-8H2,1H3,(H,15,17);3-5,8H,2,6-7H2,1H3,(H,14,16);1-6,11H,(H,14,15)(H,16,17);3-5,7H,2,6H2,1H3,(H,13,15);1-6H,7H2,(H,13,14);2-4,6H,5H2,1H3,(H,12,14);1-3,5H,4H2,(H,11,14);1-4,11H,5H2,(H,12,13);2*1-3,5H,4H2,(H,11,12). The zero-order valence-corrected chi connectivity index (χ0v) is 80.8. The number of hydrogen-bond acceptors (Lipinski definition) is 15. The largest absolute Gasteiger partial charge is 0.479 e. The molecule has 0 aliphatic carbocycles. The summed E-state index contributed by atoms with van der Waals surface area (Å²) in [6, 6.07) is 68.1. The van der Waals surface area contributed by atoms with Gasteiger partial charge in [-0.3, -0.25) is 47.9 Å². The van der Waals surface area contributed by atoms with Crippen molar-refractivity contribution in [3.63, 3.8) is 0 Å². The van der Waals surface area contributed by atoms with Crippen LogP contribution in [0.25, 0.3) is 108 Å². The number of hydrogen-bond donors (Lipinski definition) is 12. The Kier molecular flexibility index (Phi) is 25.9. The summed E-state index contributed by atoms with van der Waals surface area (Å²) < 4.78 is 15.3. The molecule has 0 saturated carbocycles. The predicted molar refractivity (Wildman–Crippen MR) is 562 cm³/mol. The highest BCUT2D eigenvalue weighted by molar-refractivity contribution is 7.17. The van der Waals surface area contributed by atoms with Crippen LogP contribution in [0.1, 0.15) is 205 Å². The molecule has 10 aliphatic rings. The fourth-order valence-electron chi connectivity index (χ4n) is 20.8. The molecule has 0 fully saturated rings. The van der Waals surface area contributed by atoms with Crippen molar-refractivity contribution in [1.29, 1.82) is 0 Å². The second kappa shape index (κ2) is 40.1. The van der Waals surface area contributed by atoms with Crippen LogP contribution < -0.4 is 53.2 Å². The van der Waals surface area contributed by atoms with Crippen LogP contribution in [0.2, 0.25) is 0 Å². The number of thiophene rings is 1. The lowest BCUT2D eigenvalue weighted by Gasteiger charge is -2.23. The Balaban J connectivity index is 0.0000000954. The topological polar surface area (TPSA) is 403 Å². The molecule has 30 nitrogen and oxygen atoms in total. The third-order valence-electron chi connectivity index (χ3n) is 27.6. The summed E-state index contributed by atoms with van der Waals surface area (Å²) in [6.45, 7) is 15.1. The van der Waals surface area contributed by atoms with Gasteiger partial charge in [0, 0.05) is 241 Å². The van der Waals surface area contributed by atoms with Crippen molar-refractivity contribution in [1.82, 2.24) is 86.4 Å². The molecular formula is C115H99N17O13S. The smallest absolute Gasteiger partial charge is 0.330 e. The first-order valence-corrected chi connectivity index (χ1v) is 49.4. The van der Waals surface area contributed by atoms with Gasteiger partial charge in [0.2, 0.25) is 0 Å². The lowest BCUT2D eigenvalue weighted by molar-refractivity contribution is -0.139. The average Bonchev–Trinajstić information content (AvgIpc) is 1.22. The van der Waals surface area contributed by atoms with E-state index in [1.807, 2.05) is 171 Å². The first kappa shape index (κ1) is 94.1. The summed E-state index contributed by atoms with van der Waals surface area (Å²) in [7, 11) is 2.01. The van der Waals surface area contributed by atoms with Crippen LogP contribution in [0.3, 0.4) is 0 Å². The third kappa shape index (κ3) is 17.7. The first-order chi connectivity index (χ1) is 71.2. The number of benzene rings is 12. The zero-order valence-electron chi connectivity index (χ0n) is 80.0. The van der Waals surface area contributed by atoms with E-state index < -0.39 is 12.0 Å². The highest BCUT2D eigenvalue weighted by Crippen LogP contribution is 2.39. The lowest BCUT2D eigenvalue weighted by Crippen LogP contribution is -2.37. The predicted octanol–water partition coefficient (Wildman–Crippen LogP) is 18.2. The van der Waals surface area contributed by atoms with E-state index in [4.69, 9.17) is 9.52 Å². The number of nitrogens with zero attached hydrogens (tertiary/aromatic N) is 6. The van der Waals surface area contributed by atoms with Crippen LogP contribution in [0.5, 0.6) is 0 Å². The number of aliphatic carboxylic acids is 1. The molecule has 30 rings (SSSR count). The first-order valence-electron chi connectivity index (χ1n) is 48.5. The SMILES string of the molecule is CCCCn1cc2c3c(cccc31)C(=O)NC2.CCCn1cc2c3c(cccc31)C(=O)NC2.CCn1cc2c3c(cccc31)C(=O)NC2.Cn1cc2c3c(cccc31)C(=O)NC2.O=C1NC(C(=O)O)c2cccc3cccc1c23.O=C1NCc2c[nH]c3cccc1c23.O=C1NCc2cccc3cccc1c23.O=C1NCc2coc3cccc1c23.O=C1NCc2csc3cccc1c23.O=C1NCc2ncnc3cccc1c23. The van der Waals surface area contributed by atoms with E-state index in [0.29, 0.717) is 81.2 Å². The Bertz CT molecular complexity index is 8470. The maximum absolute atomic E-state index is 11.8. The second-order valence-electron chi connectivity index (χ2n) is 36.5. The zero-order chi connectivity index (χ0) is 101. The van der Waals surface area contributed by atoms with Crippen molar-refractivity contribution in [2.45, 2.75) is 125 Å². The van der Waals surface area contributed by atoms with Gasteiger partial charge in [0.25, 0.3) is 59.1 Å². The molecule has 20 aromatic rings. The Hall–Kier alpha value is -18.1. The van der Waals surface area contributed by atoms with Gasteiger partial charge >= 0.3 is 5.97 Å². The van der Waals surface area contributed by atoms with E-state index in [1.165, 1.54) is 79.4 Å². The number of nitrogens with one attached hydrogen (secondary N) is 11. The molecule has 12 N–H and O–H groups in total. The number of carboxylic acids is 1. The number of rotatable bonds is 7. The maximum Gasteiger partial charge on any atom is 0.330 e. The molecule has 8 aromatic heterocycles. The fourth-order valence-corrected chi connectivity index (χ4v) is 21.8. The number of H-pyrrole nitrogens is 1. The van der Waals surface area contributed by atoms with Crippen molar-refractivity contribution < 1.29 is 62.3 Å². The van der Waals surface area contributed by atoms with Gasteiger partial charge in [-0.1, -0.05) is 129 Å². The molecule has 1 atom stereocenters. The number of aryl methyl sites for hydroxylation is 4. The van der Waals surface area contributed by atoms with E-state index in [0.717, 1.165) is 163 Å². The van der Waals surface area contributed by atoms with E-state index in [-0.39, 0.29) is 59.1 Å². The third-order valence-corrected chi connectivity index (χ3v) is 28.6. The Morgan fingerprint density at radius 1 is 0.363 bits per heavy atom. The summed E-state index contributed by atoms with van der Waals surface area (Å²) in [5.41, 5.74) is 26.0. The molecular weight excluding hydrogens is 1860 g/mol. The second-order valence-corrected chi connectivity index (χ2v) is 37.4. The average molecular weight is 1960 g/mol. The van der Waals surface area contributed by atoms with Crippen LogP contribution in [0.4, 0.5) is 0 Å². The van der Waals surface area contributed by atoms with Gasteiger partial charge in [-0.15, -0.1) is 11.3 Å². The van der Waals surface area contributed by atoms with Gasteiger partial charge in [0.1, 0.15) is 11.9 Å². The minimum absolute atomic E-state index is 0.0144. The highest BCUT2D eigenvalue weighted by atomic mass is 32.1. The lowest BCUT2D eigenvalue weighted by atomic mass is 9.91. The summed E-state index contributed by atoms with van der Waals surface area (Å²) in [6.07, 6.45) is 17.2. The van der Waals surface area contributed by atoms with Crippen LogP contribution in [0, 0.1) is 0 Å².